The first kappa shape index (κ1) is 11.4. The Balaban J connectivity index is 2.06. The molecule has 3 heteroatoms. The molecule has 1 N–H and O–H groups in total. The number of rotatable bonds is 2. The number of nitrogens with zero attached hydrogens (tertiary/aromatic N) is 1. The molecule has 0 aliphatic heterocycles. The maximum absolute atomic E-state index is 10.3. The molecule has 18 heavy (non-hydrogen) atoms. The van der Waals surface area contributed by atoms with E-state index in [0.29, 0.717) is 0 Å². The van der Waals surface area contributed by atoms with Crippen LogP contribution in [0.5, 0.6) is 0 Å². The van der Waals surface area contributed by atoms with E-state index < -0.39 is 6.10 Å². The van der Waals surface area contributed by atoms with E-state index in [2.05, 4.69) is 4.98 Å². The second kappa shape index (κ2) is 4.52. The van der Waals surface area contributed by atoms with Crippen molar-refractivity contribution in [1.82, 2.24) is 4.98 Å². The lowest BCUT2D eigenvalue weighted by Gasteiger charge is -2.10. The highest BCUT2D eigenvalue weighted by atomic mass is 32.1. The molecule has 0 aliphatic carbocycles. The molecule has 0 fully saturated rings. The number of pyridine rings is 1. The molecular weight excluding hydrogens is 242 g/mol. The van der Waals surface area contributed by atoms with Crippen LogP contribution in [0.4, 0.5) is 0 Å². The molecule has 2 heterocycles. The number of aliphatic hydroxyl groups is 1. The quantitative estimate of drug-likeness (QED) is 0.757. The van der Waals surface area contributed by atoms with Gasteiger partial charge in [0.05, 0.1) is 5.52 Å². The number of fused-ring (bicyclic) bond motifs is 1. The van der Waals surface area contributed by atoms with E-state index in [0.717, 1.165) is 27.7 Å². The van der Waals surface area contributed by atoms with Gasteiger partial charge in [-0.2, -0.15) is 11.3 Å². The molecule has 0 spiro atoms. The molecule has 2 aromatic heterocycles. The van der Waals surface area contributed by atoms with E-state index in [-0.39, 0.29) is 0 Å². The van der Waals surface area contributed by atoms with Crippen molar-refractivity contribution in [3.63, 3.8) is 0 Å². The summed E-state index contributed by atoms with van der Waals surface area (Å²) in [6.07, 6.45) is -0.554. The van der Waals surface area contributed by atoms with Crippen LogP contribution in [0.25, 0.3) is 10.9 Å². The molecule has 0 bridgehead atoms. The van der Waals surface area contributed by atoms with Gasteiger partial charge in [-0.1, -0.05) is 12.1 Å². The number of thiophene rings is 1. The average Bonchev–Trinajstić information content (AvgIpc) is 2.91. The summed E-state index contributed by atoms with van der Waals surface area (Å²) in [6.45, 7) is 1.98. The molecule has 0 saturated carbocycles. The van der Waals surface area contributed by atoms with Gasteiger partial charge in [0.15, 0.2) is 0 Å². The molecule has 1 atom stereocenters. The maximum atomic E-state index is 10.3. The van der Waals surface area contributed by atoms with Crippen molar-refractivity contribution >= 4 is 22.2 Å². The van der Waals surface area contributed by atoms with Gasteiger partial charge < -0.3 is 5.11 Å². The summed E-state index contributed by atoms with van der Waals surface area (Å²) in [7, 11) is 0. The van der Waals surface area contributed by atoms with E-state index >= 15 is 0 Å². The van der Waals surface area contributed by atoms with Crippen LogP contribution in [0.15, 0.2) is 47.2 Å². The van der Waals surface area contributed by atoms with E-state index in [1.807, 2.05) is 54.1 Å². The van der Waals surface area contributed by atoms with Crippen molar-refractivity contribution in [1.29, 1.82) is 0 Å². The summed E-state index contributed by atoms with van der Waals surface area (Å²) in [4.78, 5) is 4.46. The predicted octanol–water partition coefficient (Wildman–Crippen LogP) is 3.69. The predicted molar refractivity (Wildman–Crippen MR) is 74.9 cm³/mol. The Labute approximate surface area is 110 Å². The highest BCUT2D eigenvalue weighted by Gasteiger charge is 2.11. The first-order valence-corrected chi connectivity index (χ1v) is 6.76. The Morgan fingerprint density at radius 3 is 2.78 bits per heavy atom. The van der Waals surface area contributed by atoms with Gasteiger partial charge in [0.2, 0.25) is 0 Å². The first-order valence-electron chi connectivity index (χ1n) is 5.81. The van der Waals surface area contributed by atoms with Crippen LogP contribution in [0.1, 0.15) is 22.9 Å². The molecule has 0 radical (unpaired) electrons. The minimum Gasteiger partial charge on any atom is -0.384 e. The number of aryl methyl sites for hydroxylation is 1. The fraction of sp³-hybridized carbons (Fsp3) is 0.133. The first-order chi connectivity index (χ1) is 8.74. The van der Waals surface area contributed by atoms with Gasteiger partial charge in [-0.15, -0.1) is 0 Å². The van der Waals surface area contributed by atoms with Crippen LogP contribution in [0.3, 0.4) is 0 Å². The minimum atomic E-state index is -0.554. The zero-order chi connectivity index (χ0) is 12.5. The maximum Gasteiger partial charge on any atom is 0.105 e. The third-order valence-corrected chi connectivity index (χ3v) is 3.73. The van der Waals surface area contributed by atoms with Gasteiger partial charge in [-0.25, -0.2) is 0 Å². The molecule has 3 rings (SSSR count). The molecule has 1 unspecified atom stereocenters. The van der Waals surface area contributed by atoms with Crippen LogP contribution in [0.2, 0.25) is 0 Å². The fourth-order valence-electron chi connectivity index (χ4n) is 2.04. The van der Waals surface area contributed by atoms with Gasteiger partial charge in [0.1, 0.15) is 6.10 Å². The molecule has 2 nitrogen and oxygen atoms in total. The molecule has 0 saturated heterocycles. The van der Waals surface area contributed by atoms with E-state index in [1.54, 1.807) is 11.3 Å². The minimum absolute atomic E-state index is 0.554. The van der Waals surface area contributed by atoms with Crippen LogP contribution >= 0.6 is 11.3 Å². The summed E-state index contributed by atoms with van der Waals surface area (Å²) in [6, 6.07) is 11.9. The van der Waals surface area contributed by atoms with Crippen LogP contribution in [0, 0.1) is 6.92 Å². The molecule has 90 valence electrons. The SMILES string of the molecule is Cc1ccc2cc(C(O)c3ccsc3)ccc2n1. The zero-order valence-electron chi connectivity index (χ0n) is 10.00. The standard InChI is InChI=1S/C15H13NOS/c1-10-2-3-11-8-12(4-5-14(11)16-10)15(17)13-6-7-18-9-13/h2-9,15,17H,1H3. The molecular formula is C15H13NOS. The molecule has 3 aromatic rings. The number of hydrogen-bond donors (Lipinski definition) is 1. The van der Waals surface area contributed by atoms with Crippen molar-refractivity contribution in [3.8, 4) is 0 Å². The second-order valence-electron chi connectivity index (χ2n) is 4.36. The number of aliphatic hydroxyl groups excluding tert-OH is 1. The van der Waals surface area contributed by atoms with E-state index in [1.165, 1.54) is 0 Å². The second-order valence-corrected chi connectivity index (χ2v) is 5.14. The van der Waals surface area contributed by atoms with Gasteiger partial charge in [0, 0.05) is 11.1 Å². The van der Waals surface area contributed by atoms with Crippen LogP contribution in [-0.2, 0) is 0 Å². The lowest BCUT2D eigenvalue weighted by molar-refractivity contribution is 0.221. The zero-order valence-corrected chi connectivity index (χ0v) is 10.8. The normalized spacial score (nSPS) is 12.8. The molecule has 1 aromatic carbocycles. The average molecular weight is 255 g/mol. The Kier molecular flexibility index (Phi) is 2.86. The van der Waals surface area contributed by atoms with Crippen molar-refractivity contribution in [2.45, 2.75) is 13.0 Å². The lowest BCUT2D eigenvalue weighted by Crippen LogP contribution is -1.98. The largest absolute Gasteiger partial charge is 0.384 e. The Bertz CT molecular complexity index is 676. The number of benzene rings is 1. The molecule has 0 aliphatic rings. The Hall–Kier alpha value is -1.71. The Morgan fingerprint density at radius 1 is 1.11 bits per heavy atom. The third kappa shape index (κ3) is 2.03. The third-order valence-electron chi connectivity index (χ3n) is 3.03. The van der Waals surface area contributed by atoms with Crippen LogP contribution in [-0.4, -0.2) is 10.1 Å². The summed E-state index contributed by atoms with van der Waals surface area (Å²) >= 11 is 1.60. The van der Waals surface area contributed by atoms with Crippen molar-refractivity contribution in [3.05, 3.63) is 64.0 Å². The summed E-state index contributed by atoms with van der Waals surface area (Å²) < 4.78 is 0. The summed E-state index contributed by atoms with van der Waals surface area (Å²) in [5, 5.41) is 15.3. The van der Waals surface area contributed by atoms with Gasteiger partial charge in [0.25, 0.3) is 0 Å². The fourth-order valence-corrected chi connectivity index (χ4v) is 2.72. The topological polar surface area (TPSA) is 33.1 Å². The monoisotopic (exact) mass is 255 g/mol. The highest BCUT2D eigenvalue weighted by Crippen LogP contribution is 2.26. The van der Waals surface area contributed by atoms with Crippen LogP contribution < -0.4 is 0 Å². The van der Waals surface area contributed by atoms with Crippen molar-refractivity contribution < 1.29 is 5.11 Å². The number of hydrogen-bond acceptors (Lipinski definition) is 3. The van der Waals surface area contributed by atoms with E-state index in [4.69, 9.17) is 0 Å². The van der Waals surface area contributed by atoms with Gasteiger partial charge >= 0.3 is 0 Å². The number of aromatic nitrogens is 1. The van der Waals surface area contributed by atoms with E-state index in [9.17, 15) is 5.11 Å². The van der Waals surface area contributed by atoms with Crippen molar-refractivity contribution in [2.75, 3.05) is 0 Å². The molecule has 0 amide bonds. The smallest absolute Gasteiger partial charge is 0.105 e. The Morgan fingerprint density at radius 2 is 2.00 bits per heavy atom. The van der Waals surface area contributed by atoms with Gasteiger partial charge in [-0.3, -0.25) is 4.98 Å². The summed E-state index contributed by atoms with van der Waals surface area (Å²) in [5.41, 5.74) is 3.83. The van der Waals surface area contributed by atoms with Crippen molar-refractivity contribution in [2.24, 2.45) is 0 Å². The lowest BCUT2D eigenvalue weighted by atomic mass is 10.0. The highest BCUT2D eigenvalue weighted by molar-refractivity contribution is 7.07. The van der Waals surface area contributed by atoms with Gasteiger partial charge in [-0.05, 0) is 53.1 Å². The summed E-state index contributed by atoms with van der Waals surface area (Å²) in [5.74, 6) is 0.